The smallest absolute Gasteiger partial charge is 0.322 e. The number of rotatable bonds is 4. The number of ether oxygens (including phenoxy) is 2. The molecule has 1 aliphatic rings. The number of urea groups is 1. The van der Waals surface area contributed by atoms with Crippen LogP contribution in [0, 0.1) is 5.82 Å². The molecule has 1 fully saturated rings. The molecule has 2 aromatic rings. The third kappa shape index (κ3) is 3.74. The Labute approximate surface area is 139 Å². The van der Waals surface area contributed by atoms with Crippen molar-refractivity contribution in [1.29, 1.82) is 0 Å². The Hall–Kier alpha value is -2.38. The number of carbonyl (C=O) groups is 1. The molecule has 1 N–H and O–H groups in total. The first kappa shape index (κ1) is 16.5. The number of anilines is 1. The van der Waals surface area contributed by atoms with Gasteiger partial charge in [-0.1, -0.05) is 0 Å². The number of hydrogen-bond acceptors (Lipinski definition) is 3. The fraction of sp³-hybridized carbons (Fsp3) is 0.353. The summed E-state index contributed by atoms with van der Waals surface area (Å²) in [4.78, 5) is 14.1. The number of nitrogens with one attached hydrogen (secondary N) is 1. The Kier molecular flexibility index (Phi) is 5.12. The van der Waals surface area contributed by atoms with Crippen LogP contribution in [-0.4, -0.2) is 55.0 Å². The van der Waals surface area contributed by atoms with Gasteiger partial charge in [0.25, 0.3) is 0 Å². The maximum absolute atomic E-state index is 14.0. The highest BCUT2D eigenvalue weighted by Gasteiger charge is 2.24. The van der Waals surface area contributed by atoms with E-state index < -0.39 is 0 Å². The third-order valence-electron chi connectivity index (χ3n) is 3.86. The van der Waals surface area contributed by atoms with Crippen molar-refractivity contribution in [3.63, 3.8) is 0 Å². The maximum Gasteiger partial charge on any atom is 0.322 e. The van der Waals surface area contributed by atoms with Gasteiger partial charge in [0.2, 0.25) is 0 Å². The number of benzene rings is 1. The van der Waals surface area contributed by atoms with Crippen LogP contribution < -0.4 is 5.32 Å². The van der Waals surface area contributed by atoms with Crippen molar-refractivity contribution >= 4 is 11.7 Å². The van der Waals surface area contributed by atoms with Gasteiger partial charge in [-0.25, -0.2) is 9.18 Å². The highest BCUT2D eigenvalue weighted by molar-refractivity contribution is 5.89. The van der Waals surface area contributed by atoms with Gasteiger partial charge in [0.05, 0.1) is 31.5 Å². The van der Waals surface area contributed by atoms with Gasteiger partial charge >= 0.3 is 6.03 Å². The molecule has 24 heavy (non-hydrogen) atoms. The Bertz CT molecular complexity index is 688. The number of morpholine rings is 1. The average molecular weight is 333 g/mol. The van der Waals surface area contributed by atoms with E-state index in [-0.39, 0.29) is 18.0 Å². The molecular weight excluding hydrogens is 313 g/mol. The van der Waals surface area contributed by atoms with Gasteiger partial charge in [-0.2, -0.15) is 0 Å². The Balaban J connectivity index is 1.69. The van der Waals surface area contributed by atoms with Crippen LogP contribution in [-0.2, 0) is 9.47 Å². The van der Waals surface area contributed by atoms with Crippen molar-refractivity contribution in [2.24, 2.45) is 0 Å². The van der Waals surface area contributed by atoms with Gasteiger partial charge in [-0.05, 0) is 30.3 Å². The lowest BCUT2D eigenvalue weighted by Gasteiger charge is -2.32. The minimum atomic E-state index is -0.351. The summed E-state index contributed by atoms with van der Waals surface area (Å²) in [5.74, 6) is -0.351. The standard InChI is InChI=1S/C17H20FN3O3/c1-23-12-14-11-21(8-9-24-14)17(22)19-13-4-5-15(18)16(10-13)20-6-2-3-7-20/h2-7,10,14H,8-9,11-12H2,1H3,(H,19,22). The van der Waals surface area contributed by atoms with Crippen molar-refractivity contribution in [2.45, 2.75) is 6.10 Å². The minimum absolute atomic E-state index is 0.127. The zero-order valence-electron chi connectivity index (χ0n) is 13.4. The number of methoxy groups -OCH3 is 1. The Morgan fingerprint density at radius 3 is 2.96 bits per heavy atom. The molecule has 2 heterocycles. The van der Waals surface area contributed by atoms with Gasteiger partial charge in [0, 0.05) is 31.7 Å². The molecule has 1 atom stereocenters. The summed E-state index contributed by atoms with van der Waals surface area (Å²) in [7, 11) is 1.60. The molecule has 7 heteroatoms. The molecule has 0 saturated carbocycles. The van der Waals surface area contributed by atoms with Crippen LogP contribution in [0.4, 0.5) is 14.9 Å². The summed E-state index contributed by atoms with van der Waals surface area (Å²) in [5.41, 5.74) is 0.928. The molecule has 0 spiro atoms. The quantitative estimate of drug-likeness (QED) is 0.935. The van der Waals surface area contributed by atoms with Crippen molar-refractivity contribution < 1.29 is 18.7 Å². The monoisotopic (exact) mass is 333 g/mol. The normalized spacial score (nSPS) is 17.8. The molecule has 2 amide bonds. The first-order valence-corrected chi connectivity index (χ1v) is 7.77. The van der Waals surface area contributed by atoms with Crippen LogP contribution in [0.1, 0.15) is 0 Å². The molecule has 128 valence electrons. The van der Waals surface area contributed by atoms with Crippen LogP contribution >= 0.6 is 0 Å². The van der Waals surface area contributed by atoms with Gasteiger partial charge < -0.3 is 24.3 Å². The van der Waals surface area contributed by atoms with Crippen molar-refractivity contribution in [3.8, 4) is 5.69 Å². The summed E-state index contributed by atoms with van der Waals surface area (Å²) < 4.78 is 26.3. The molecule has 0 bridgehead atoms. The zero-order valence-corrected chi connectivity index (χ0v) is 13.4. The second-order valence-electron chi connectivity index (χ2n) is 5.58. The predicted molar refractivity (Wildman–Crippen MR) is 87.9 cm³/mol. The first-order valence-electron chi connectivity index (χ1n) is 7.77. The van der Waals surface area contributed by atoms with Crippen LogP contribution in [0.2, 0.25) is 0 Å². The maximum atomic E-state index is 14.0. The second kappa shape index (κ2) is 7.46. The van der Waals surface area contributed by atoms with E-state index in [1.165, 1.54) is 6.07 Å². The van der Waals surface area contributed by atoms with E-state index >= 15 is 0 Å². The SMILES string of the molecule is COCC1CN(C(=O)Nc2ccc(F)c(-n3cccc3)c2)CCO1. The van der Waals surface area contributed by atoms with Gasteiger partial charge in [-0.15, -0.1) is 0 Å². The second-order valence-corrected chi connectivity index (χ2v) is 5.58. The average Bonchev–Trinajstić information content (AvgIpc) is 3.11. The molecule has 1 saturated heterocycles. The number of nitrogens with zero attached hydrogens (tertiary/aromatic N) is 2. The van der Waals surface area contributed by atoms with E-state index in [9.17, 15) is 9.18 Å². The fourth-order valence-corrected chi connectivity index (χ4v) is 2.68. The lowest BCUT2D eigenvalue weighted by Crippen LogP contribution is -2.48. The molecule has 6 nitrogen and oxygen atoms in total. The summed E-state index contributed by atoms with van der Waals surface area (Å²) in [6.07, 6.45) is 3.38. The van der Waals surface area contributed by atoms with Crippen LogP contribution in [0.25, 0.3) is 5.69 Å². The van der Waals surface area contributed by atoms with Crippen molar-refractivity contribution in [2.75, 3.05) is 38.7 Å². The number of amides is 2. The van der Waals surface area contributed by atoms with Crippen LogP contribution in [0.3, 0.4) is 0 Å². The predicted octanol–water partition coefficient (Wildman–Crippen LogP) is 2.50. The molecule has 3 rings (SSSR count). The summed E-state index contributed by atoms with van der Waals surface area (Å²) in [6, 6.07) is 7.90. The summed E-state index contributed by atoms with van der Waals surface area (Å²) in [5, 5.41) is 2.81. The largest absolute Gasteiger partial charge is 0.382 e. The zero-order chi connectivity index (χ0) is 16.9. The van der Waals surface area contributed by atoms with E-state index in [4.69, 9.17) is 9.47 Å². The first-order chi connectivity index (χ1) is 11.7. The van der Waals surface area contributed by atoms with E-state index in [1.807, 2.05) is 12.1 Å². The topological polar surface area (TPSA) is 55.7 Å². The Morgan fingerprint density at radius 2 is 2.21 bits per heavy atom. The number of carbonyl (C=O) groups excluding carboxylic acids is 1. The molecule has 0 aliphatic carbocycles. The molecule has 1 aromatic carbocycles. The molecular formula is C17H20FN3O3. The van der Waals surface area contributed by atoms with Crippen molar-refractivity contribution in [3.05, 3.63) is 48.5 Å². The molecule has 0 radical (unpaired) electrons. The third-order valence-corrected chi connectivity index (χ3v) is 3.86. The van der Waals surface area contributed by atoms with E-state index in [0.29, 0.717) is 37.7 Å². The highest BCUT2D eigenvalue weighted by Crippen LogP contribution is 2.19. The van der Waals surface area contributed by atoms with E-state index in [1.54, 1.807) is 41.1 Å². The Morgan fingerprint density at radius 1 is 1.42 bits per heavy atom. The van der Waals surface area contributed by atoms with Gasteiger partial charge in [0.15, 0.2) is 0 Å². The van der Waals surface area contributed by atoms with Crippen LogP contribution in [0.5, 0.6) is 0 Å². The fourth-order valence-electron chi connectivity index (χ4n) is 2.68. The lowest BCUT2D eigenvalue weighted by molar-refractivity contribution is -0.0481. The molecule has 1 aliphatic heterocycles. The summed E-state index contributed by atoms with van der Waals surface area (Å²) >= 11 is 0. The number of hydrogen-bond donors (Lipinski definition) is 1. The van der Waals surface area contributed by atoms with Crippen molar-refractivity contribution in [1.82, 2.24) is 9.47 Å². The van der Waals surface area contributed by atoms with Crippen LogP contribution in [0.15, 0.2) is 42.7 Å². The number of halogens is 1. The summed E-state index contributed by atoms with van der Waals surface area (Å²) in [6.45, 7) is 1.89. The van der Waals surface area contributed by atoms with Gasteiger partial charge in [-0.3, -0.25) is 0 Å². The number of aromatic nitrogens is 1. The van der Waals surface area contributed by atoms with Gasteiger partial charge in [0.1, 0.15) is 5.82 Å². The molecule has 1 aromatic heterocycles. The van der Waals surface area contributed by atoms with E-state index in [0.717, 1.165) is 0 Å². The molecule has 1 unspecified atom stereocenters. The van der Waals surface area contributed by atoms with E-state index in [2.05, 4.69) is 5.32 Å². The lowest BCUT2D eigenvalue weighted by atomic mass is 10.2. The highest BCUT2D eigenvalue weighted by atomic mass is 19.1. The minimum Gasteiger partial charge on any atom is -0.382 e.